The summed E-state index contributed by atoms with van der Waals surface area (Å²) >= 11 is 0. The van der Waals surface area contributed by atoms with Crippen LogP contribution in [0.5, 0.6) is 0 Å². The number of quaternary nitrogens is 1. The number of carbonyl (C=O) groups is 3. The van der Waals surface area contributed by atoms with Gasteiger partial charge in [-0.2, -0.15) is 0 Å². The number of allylic oxidation sites excluding steroid dienone is 12. The topological polar surface area (TPSA) is 99.1 Å². The quantitative estimate of drug-likeness (QED) is 0.0288. The molecule has 0 aromatic rings. The Bertz CT molecular complexity index is 1140. The molecule has 0 aromatic carbocycles. The lowest BCUT2D eigenvalue weighted by molar-refractivity contribution is -0.887. The lowest BCUT2D eigenvalue weighted by Gasteiger charge is -2.31. The van der Waals surface area contributed by atoms with Crippen molar-refractivity contribution in [1.82, 2.24) is 0 Å². The highest BCUT2D eigenvalue weighted by molar-refractivity contribution is 5.72. The molecule has 0 aromatic heterocycles. The van der Waals surface area contributed by atoms with Gasteiger partial charge in [0, 0.05) is 19.3 Å². The van der Waals surface area contributed by atoms with Crippen molar-refractivity contribution < 1.29 is 38.2 Å². The molecule has 0 saturated heterocycles. The molecule has 0 radical (unpaired) electrons. The van der Waals surface area contributed by atoms with Crippen molar-refractivity contribution in [2.24, 2.45) is 0 Å². The summed E-state index contributed by atoms with van der Waals surface area (Å²) in [5, 5.41) is 9.60. The Hall–Kier alpha value is -3.23. The molecule has 0 heterocycles. The Balaban J connectivity index is 4.30. The SMILES string of the molecule is CC/C=C/C/C=C/C/C=C/C/C=C/C/C=C/CCCCCCCCC(=O)OCC(COCCC(C(=O)O)[N+](C)(C)C)OC(=O)CCCCCC/C=C/CCCC. The number of unbranched alkanes of at least 4 members (excludes halogenated alkanes) is 12. The standard InChI is InChI=1S/C48H81NO7/c1-6-8-10-12-14-16-18-19-20-21-22-23-24-25-26-27-28-29-31-32-34-36-38-46(50)55-43-44(42-54-41-40-45(48(52)53)49(3,4)5)56-47(51)39-37-35-33-30-17-15-13-11-9-7-2/h8,10,13-16,19-20,22-23,25-26,44-45H,6-7,9,11-12,17-18,21,24,27-43H2,1-5H3/p+1/b10-8+,15-13+,16-14+,20-19+,23-22+,26-25+. The summed E-state index contributed by atoms with van der Waals surface area (Å²) in [5.74, 6) is -1.51. The summed E-state index contributed by atoms with van der Waals surface area (Å²) in [6.45, 7) is 4.53. The van der Waals surface area contributed by atoms with Gasteiger partial charge in [-0.05, 0) is 77.0 Å². The van der Waals surface area contributed by atoms with Crippen LogP contribution in [-0.4, -0.2) is 80.6 Å². The van der Waals surface area contributed by atoms with Crippen molar-refractivity contribution in [3.8, 4) is 0 Å². The number of likely N-dealkylation sites (N-methyl/N-ethyl adjacent to an activating group) is 1. The summed E-state index contributed by atoms with van der Waals surface area (Å²) in [6.07, 6.45) is 48.1. The molecule has 0 rings (SSSR count). The number of carboxylic acid groups (broad SMARTS) is 1. The van der Waals surface area contributed by atoms with Crippen molar-refractivity contribution in [2.75, 3.05) is 41.0 Å². The van der Waals surface area contributed by atoms with E-state index in [1.165, 1.54) is 25.7 Å². The van der Waals surface area contributed by atoms with Gasteiger partial charge in [0.15, 0.2) is 12.1 Å². The van der Waals surface area contributed by atoms with E-state index >= 15 is 0 Å². The zero-order valence-corrected chi connectivity index (χ0v) is 36.3. The highest BCUT2D eigenvalue weighted by Gasteiger charge is 2.31. The zero-order chi connectivity index (χ0) is 41.4. The van der Waals surface area contributed by atoms with E-state index in [4.69, 9.17) is 14.2 Å². The van der Waals surface area contributed by atoms with Crippen molar-refractivity contribution in [3.63, 3.8) is 0 Å². The molecule has 0 aliphatic carbocycles. The number of nitrogens with zero attached hydrogens (tertiary/aromatic N) is 1. The van der Waals surface area contributed by atoms with E-state index in [2.05, 4.69) is 86.8 Å². The van der Waals surface area contributed by atoms with Gasteiger partial charge in [-0.15, -0.1) is 0 Å². The Morgan fingerprint density at radius 2 is 1.00 bits per heavy atom. The van der Waals surface area contributed by atoms with Crippen LogP contribution in [0.3, 0.4) is 0 Å². The number of carbonyl (C=O) groups excluding carboxylic acids is 2. The second-order valence-corrected chi connectivity index (χ2v) is 15.6. The largest absolute Gasteiger partial charge is 0.477 e. The lowest BCUT2D eigenvalue weighted by Crippen LogP contribution is -2.50. The second kappa shape index (κ2) is 38.6. The Kier molecular flexibility index (Phi) is 36.4. The van der Waals surface area contributed by atoms with Crippen LogP contribution in [-0.2, 0) is 28.6 Å². The van der Waals surface area contributed by atoms with Crippen molar-refractivity contribution in [1.29, 1.82) is 0 Å². The molecule has 2 atom stereocenters. The molecule has 320 valence electrons. The molecule has 56 heavy (non-hydrogen) atoms. The van der Waals surface area contributed by atoms with Gasteiger partial charge in [0.25, 0.3) is 0 Å². The van der Waals surface area contributed by atoms with Crippen LogP contribution in [0.4, 0.5) is 0 Å². The van der Waals surface area contributed by atoms with E-state index < -0.39 is 18.1 Å². The molecule has 0 bridgehead atoms. The number of rotatable bonds is 38. The fourth-order valence-corrected chi connectivity index (χ4v) is 5.92. The fourth-order valence-electron chi connectivity index (χ4n) is 5.92. The zero-order valence-electron chi connectivity index (χ0n) is 36.3. The molecule has 8 nitrogen and oxygen atoms in total. The third-order valence-electron chi connectivity index (χ3n) is 9.34. The highest BCUT2D eigenvalue weighted by Crippen LogP contribution is 2.13. The van der Waals surface area contributed by atoms with E-state index in [0.717, 1.165) is 103 Å². The third-order valence-corrected chi connectivity index (χ3v) is 9.34. The van der Waals surface area contributed by atoms with Gasteiger partial charge in [0.05, 0.1) is 34.4 Å². The van der Waals surface area contributed by atoms with E-state index in [0.29, 0.717) is 19.3 Å². The van der Waals surface area contributed by atoms with Crippen molar-refractivity contribution in [3.05, 3.63) is 72.9 Å². The molecule has 2 unspecified atom stereocenters. The first-order chi connectivity index (χ1) is 27.1. The predicted octanol–water partition coefficient (Wildman–Crippen LogP) is 12.0. The average Bonchev–Trinajstić information content (AvgIpc) is 3.15. The normalized spacial score (nSPS) is 13.7. The summed E-state index contributed by atoms with van der Waals surface area (Å²) in [5.41, 5.74) is 0. The van der Waals surface area contributed by atoms with E-state index in [-0.39, 0.29) is 36.2 Å². The minimum Gasteiger partial charge on any atom is -0.477 e. The molecule has 1 N–H and O–H groups in total. The van der Waals surface area contributed by atoms with E-state index in [1.807, 2.05) is 21.1 Å². The molecule has 0 aliphatic heterocycles. The molecule has 8 heteroatoms. The minimum absolute atomic E-state index is 0.0481. The third kappa shape index (κ3) is 36.4. The van der Waals surface area contributed by atoms with E-state index in [1.54, 1.807) is 0 Å². The second-order valence-electron chi connectivity index (χ2n) is 15.6. The molecule has 0 amide bonds. The maximum absolute atomic E-state index is 12.7. The van der Waals surface area contributed by atoms with Gasteiger partial charge in [-0.1, -0.05) is 138 Å². The molecule has 0 fully saturated rings. The smallest absolute Gasteiger partial charge is 0.362 e. The fraction of sp³-hybridized carbons (Fsp3) is 0.688. The molecular weight excluding hydrogens is 703 g/mol. The number of carboxylic acids is 1. The van der Waals surface area contributed by atoms with Gasteiger partial charge in [0.1, 0.15) is 6.61 Å². The maximum atomic E-state index is 12.7. The van der Waals surface area contributed by atoms with Crippen molar-refractivity contribution in [2.45, 2.75) is 174 Å². The van der Waals surface area contributed by atoms with Crippen LogP contribution in [0.2, 0.25) is 0 Å². The van der Waals surface area contributed by atoms with Crippen molar-refractivity contribution >= 4 is 17.9 Å². The van der Waals surface area contributed by atoms with Gasteiger partial charge in [0.2, 0.25) is 0 Å². The number of esters is 2. The van der Waals surface area contributed by atoms with Gasteiger partial charge < -0.3 is 23.8 Å². The summed E-state index contributed by atoms with van der Waals surface area (Å²) in [7, 11) is 5.51. The molecule has 0 saturated carbocycles. The van der Waals surface area contributed by atoms with Crippen LogP contribution >= 0.6 is 0 Å². The maximum Gasteiger partial charge on any atom is 0.362 e. The van der Waals surface area contributed by atoms with E-state index in [9.17, 15) is 19.5 Å². The molecule has 0 spiro atoms. The first kappa shape index (κ1) is 52.8. The average molecular weight is 785 g/mol. The Labute approximate surface area is 342 Å². The van der Waals surface area contributed by atoms with Crippen LogP contribution < -0.4 is 0 Å². The van der Waals surface area contributed by atoms with Gasteiger partial charge >= 0.3 is 17.9 Å². The van der Waals surface area contributed by atoms with Gasteiger partial charge in [-0.3, -0.25) is 9.59 Å². The van der Waals surface area contributed by atoms with Crippen LogP contribution in [0.25, 0.3) is 0 Å². The summed E-state index contributed by atoms with van der Waals surface area (Å²) < 4.78 is 17.2. The predicted molar refractivity (Wildman–Crippen MR) is 233 cm³/mol. The number of hydrogen-bond donors (Lipinski definition) is 1. The van der Waals surface area contributed by atoms with Crippen LogP contribution in [0.1, 0.15) is 162 Å². The Morgan fingerprint density at radius 1 is 0.554 bits per heavy atom. The summed E-state index contributed by atoms with van der Waals surface area (Å²) in [6, 6.07) is -0.621. The minimum atomic E-state index is -0.883. The van der Waals surface area contributed by atoms with Gasteiger partial charge in [-0.25, -0.2) is 4.79 Å². The highest BCUT2D eigenvalue weighted by atomic mass is 16.6. The summed E-state index contributed by atoms with van der Waals surface area (Å²) in [4.78, 5) is 36.9. The first-order valence-corrected chi connectivity index (χ1v) is 22.0. The van der Waals surface area contributed by atoms with Crippen LogP contribution in [0.15, 0.2) is 72.9 Å². The monoisotopic (exact) mass is 785 g/mol. The lowest BCUT2D eigenvalue weighted by atomic mass is 10.1. The number of aliphatic carboxylic acids is 1. The Morgan fingerprint density at radius 3 is 1.50 bits per heavy atom. The first-order valence-electron chi connectivity index (χ1n) is 22.0. The van der Waals surface area contributed by atoms with Crippen LogP contribution in [0, 0.1) is 0 Å². The number of ether oxygens (including phenoxy) is 3. The molecular formula is C48H82NO7+. The number of hydrogen-bond acceptors (Lipinski definition) is 6. The molecule has 0 aliphatic rings.